The Morgan fingerprint density at radius 2 is 1.62 bits per heavy atom. The van der Waals surface area contributed by atoms with Gasteiger partial charge in [0.1, 0.15) is 11.7 Å². The second-order valence-electron chi connectivity index (χ2n) is 7.78. The van der Waals surface area contributed by atoms with Gasteiger partial charge in [0.05, 0.1) is 11.5 Å². The number of carboxylic acids is 1. The molecule has 7 nitrogen and oxygen atoms in total. The van der Waals surface area contributed by atoms with E-state index in [1.165, 1.54) is 0 Å². The fourth-order valence-electron chi connectivity index (χ4n) is 2.24. The van der Waals surface area contributed by atoms with Crippen LogP contribution in [0.5, 0.6) is 0 Å². The summed E-state index contributed by atoms with van der Waals surface area (Å²) in [7, 11) is 0. The molecule has 1 aromatic rings. The molecule has 4 N–H and O–H groups in total. The highest BCUT2D eigenvalue weighted by atomic mass is 16.6. The molecule has 0 aliphatic heterocycles. The van der Waals surface area contributed by atoms with Crippen molar-refractivity contribution in [3.63, 3.8) is 0 Å². The molecule has 2 unspecified atom stereocenters. The second kappa shape index (κ2) is 8.51. The maximum Gasteiger partial charge on any atom is 0.407 e. The molecule has 0 bridgehead atoms. The number of aliphatic hydroxyl groups excluding tert-OH is 2. The van der Waals surface area contributed by atoms with Crippen LogP contribution in [0, 0.1) is 0 Å². The normalized spacial score (nSPS) is 14.4. The van der Waals surface area contributed by atoms with Crippen molar-refractivity contribution in [2.75, 3.05) is 6.54 Å². The standard InChI is InChI=1S/C19H29NO6/c1-18(2,3)26-17(25)20-11-10-14(21)15(22)12-6-8-13(9-7-12)19(4,5)16(23)24/h6-9,14-15,21-22H,10-11H2,1-5H3,(H,20,25)(H,23,24). The lowest BCUT2D eigenvalue weighted by Gasteiger charge is -2.22. The Labute approximate surface area is 154 Å². The summed E-state index contributed by atoms with van der Waals surface area (Å²) in [6.45, 7) is 8.59. The Balaban J connectivity index is 2.59. The van der Waals surface area contributed by atoms with Gasteiger partial charge in [-0.05, 0) is 52.2 Å². The monoisotopic (exact) mass is 367 g/mol. The number of rotatable bonds is 7. The summed E-state index contributed by atoms with van der Waals surface area (Å²) in [4.78, 5) is 22.8. The summed E-state index contributed by atoms with van der Waals surface area (Å²) in [5.74, 6) is -0.945. The van der Waals surface area contributed by atoms with Gasteiger partial charge < -0.3 is 25.4 Å². The van der Waals surface area contributed by atoms with Gasteiger partial charge in [0.15, 0.2) is 0 Å². The minimum atomic E-state index is -1.14. The molecule has 2 atom stereocenters. The molecule has 0 radical (unpaired) electrons. The summed E-state index contributed by atoms with van der Waals surface area (Å²) in [5.41, 5.74) is -0.575. The summed E-state index contributed by atoms with van der Waals surface area (Å²) in [5, 5.41) is 32.1. The molecule has 0 saturated carbocycles. The zero-order chi connectivity index (χ0) is 20.1. The number of hydrogen-bond acceptors (Lipinski definition) is 5. The van der Waals surface area contributed by atoms with E-state index in [0.29, 0.717) is 11.1 Å². The average Bonchev–Trinajstić information content (AvgIpc) is 2.52. The summed E-state index contributed by atoms with van der Waals surface area (Å²) in [6.07, 6.45) is -2.66. The van der Waals surface area contributed by atoms with Gasteiger partial charge in [0, 0.05) is 6.54 Å². The van der Waals surface area contributed by atoms with Gasteiger partial charge in [-0.15, -0.1) is 0 Å². The maximum absolute atomic E-state index is 11.5. The number of carbonyl (C=O) groups excluding carboxylic acids is 1. The number of carbonyl (C=O) groups is 2. The van der Waals surface area contributed by atoms with E-state index in [-0.39, 0.29) is 13.0 Å². The molecule has 1 aromatic carbocycles. The minimum Gasteiger partial charge on any atom is -0.481 e. The number of alkyl carbamates (subject to hydrolysis) is 1. The smallest absolute Gasteiger partial charge is 0.407 e. The molecule has 0 aliphatic carbocycles. The quantitative estimate of drug-likeness (QED) is 0.588. The summed E-state index contributed by atoms with van der Waals surface area (Å²) in [6, 6.07) is 6.43. The van der Waals surface area contributed by atoms with Gasteiger partial charge >= 0.3 is 12.1 Å². The lowest BCUT2D eigenvalue weighted by Crippen LogP contribution is -2.34. The molecule has 0 fully saturated rings. The largest absolute Gasteiger partial charge is 0.481 e. The number of hydrogen-bond donors (Lipinski definition) is 4. The molecule has 1 rings (SSSR count). The van der Waals surface area contributed by atoms with Crippen LogP contribution in [-0.2, 0) is 14.9 Å². The van der Waals surface area contributed by atoms with Crippen LogP contribution in [0.2, 0.25) is 0 Å². The fraction of sp³-hybridized carbons (Fsp3) is 0.579. The lowest BCUT2D eigenvalue weighted by atomic mass is 9.84. The van der Waals surface area contributed by atoms with E-state index in [1.807, 2.05) is 0 Å². The zero-order valence-corrected chi connectivity index (χ0v) is 15.9. The van der Waals surface area contributed by atoms with E-state index >= 15 is 0 Å². The Bertz CT molecular complexity index is 618. The van der Waals surface area contributed by atoms with Crippen LogP contribution in [0.25, 0.3) is 0 Å². The lowest BCUT2D eigenvalue weighted by molar-refractivity contribution is -0.142. The first-order valence-corrected chi connectivity index (χ1v) is 8.51. The van der Waals surface area contributed by atoms with Gasteiger partial charge in [-0.1, -0.05) is 24.3 Å². The summed E-state index contributed by atoms with van der Waals surface area (Å²) < 4.78 is 5.09. The predicted molar refractivity (Wildman–Crippen MR) is 96.9 cm³/mol. The molecular weight excluding hydrogens is 338 g/mol. The van der Waals surface area contributed by atoms with Crippen molar-refractivity contribution in [2.24, 2.45) is 0 Å². The first kappa shape index (κ1) is 21.9. The number of benzene rings is 1. The second-order valence-corrected chi connectivity index (χ2v) is 7.78. The van der Waals surface area contributed by atoms with Gasteiger partial charge in [0.2, 0.25) is 0 Å². The van der Waals surface area contributed by atoms with Crippen molar-refractivity contribution in [1.82, 2.24) is 5.32 Å². The fourth-order valence-corrected chi connectivity index (χ4v) is 2.24. The van der Waals surface area contributed by atoms with Crippen LogP contribution in [0.15, 0.2) is 24.3 Å². The van der Waals surface area contributed by atoms with Crippen LogP contribution in [-0.4, -0.2) is 45.6 Å². The van der Waals surface area contributed by atoms with Crippen LogP contribution >= 0.6 is 0 Å². The van der Waals surface area contributed by atoms with Crippen LogP contribution in [0.3, 0.4) is 0 Å². The molecule has 26 heavy (non-hydrogen) atoms. The minimum absolute atomic E-state index is 0.142. The number of amides is 1. The maximum atomic E-state index is 11.5. The van der Waals surface area contributed by atoms with Crippen molar-refractivity contribution >= 4 is 12.1 Å². The molecule has 0 spiro atoms. The SMILES string of the molecule is CC(C)(C)OC(=O)NCCC(O)C(O)c1ccc(C(C)(C)C(=O)O)cc1. The Kier molecular flexibility index (Phi) is 7.17. The topological polar surface area (TPSA) is 116 Å². The van der Waals surface area contributed by atoms with E-state index in [0.717, 1.165) is 0 Å². The highest BCUT2D eigenvalue weighted by molar-refractivity contribution is 5.80. The van der Waals surface area contributed by atoms with Crippen LogP contribution < -0.4 is 5.32 Å². The number of aliphatic carboxylic acids is 1. The number of nitrogens with one attached hydrogen (secondary N) is 1. The molecule has 1 amide bonds. The first-order valence-electron chi connectivity index (χ1n) is 8.51. The van der Waals surface area contributed by atoms with Gasteiger partial charge in [-0.2, -0.15) is 0 Å². The van der Waals surface area contributed by atoms with Crippen molar-refractivity contribution < 1.29 is 29.6 Å². The van der Waals surface area contributed by atoms with E-state index in [1.54, 1.807) is 58.9 Å². The van der Waals surface area contributed by atoms with Crippen LogP contribution in [0.4, 0.5) is 4.79 Å². The van der Waals surface area contributed by atoms with E-state index < -0.39 is 35.3 Å². The van der Waals surface area contributed by atoms with Crippen molar-refractivity contribution in [3.05, 3.63) is 35.4 Å². The molecule has 7 heteroatoms. The van der Waals surface area contributed by atoms with E-state index in [2.05, 4.69) is 5.32 Å². The van der Waals surface area contributed by atoms with Gasteiger partial charge in [-0.3, -0.25) is 4.79 Å². The molecule has 0 saturated heterocycles. The van der Waals surface area contributed by atoms with Gasteiger partial charge in [0.25, 0.3) is 0 Å². The number of ether oxygens (including phenoxy) is 1. The summed E-state index contributed by atoms with van der Waals surface area (Å²) >= 11 is 0. The van der Waals surface area contributed by atoms with Gasteiger partial charge in [-0.25, -0.2) is 4.79 Å². The first-order chi connectivity index (χ1) is 11.8. The third-order valence-electron chi connectivity index (χ3n) is 3.98. The Hall–Kier alpha value is -2.12. The van der Waals surface area contributed by atoms with Crippen molar-refractivity contribution in [2.45, 2.75) is 64.3 Å². The molecular formula is C19H29NO6. The van der Waals surface area contributed by atoms with E-state index in [4.69, 9.17) is 4.74 Å². The Morgan fingerprint density at radius 3 is 2.08 bits per heavy atom. The molecule has 0 aliphatic rings. The predicted octanol–water partition coefficient (Wildman–Crippen LogP) is 2.36. The highest BCUT2D eigenvalue weighted by Crippen LogP contribution is 2.26. The van der Waals surface area contributed by atoms with Crippen molar-refractivity contribution in [3.8, 4) is 0 Å². The Morgan fingerprint density at radius 1 is 1.08 bits per heavy atom. The third-order valence-corrected chi connectivity index (χ3v) is 3.98. The van der Waals surface area contributed by atoms with Crippen molar-refractivity contribution in [1.29, 1.82) is 0 Å². The number of carboxylic acid groups (broad SMARTS) is 1. The third kappa shape index (κ3) is 6.31. The van der Waals surface area contributed by atoms with E-state index in [9.17, 15) is 24.9 Å². The zero-order valence-electron chi connectivity index (χ0n) is 15.9. The average molecular weight is 367 g/mol. The number of aliphatic hydroxyl groups is 2. The molecule has 0 heterocycles. The van der Waals surface area contributed by atoms with Crippen LogP contribution in [0.1, 0.15) is 58.3 Å². The molecule has 0 aromatic heterocycles. The highest BCUT2D eigenvalue weighted by Gasteiger charge is 2.29. The molecule has 146 valence electrons.